The van der Waals surface area contributed by atoms with E-state index in [9.17, 15) is 0 Å². The number of ether oxygens (including phenoxy) is 1. The molecule has 5 heteroatoms. The van der Waals surface area contributed by atoms with Gasteiger partial charge in [-0.15, -0.1) is 0 Å². The van der Waals surface area contributed by atoms with E-state index in [1.807, 2.05) is 18.2 Å². The molecule has 0 unspecified atom stereocenters. The summed E-state index contributed by atoms with van der Waals surface area (Å²) >= 11 is 5.87. The van der Waals surface area contributed by atoms with Gasteiger partial charge in [0.25, 0.3) is 0 Å². The molecule has 2 heterocycles. The molecule has 96 valence electrons. The Morgan fingerprint density at radius 3 is 2.84 bits per heavy atom. The van der Waals surface area contributed by atoms with Gasteiger partial charge in [-0.1, -0.05) is 22.8 Å². The molecule has 0 saturated carbocycles. The van der Waals surface area contributed by atoms with Crippen LogP contribution in [-0.2, 0) is 6.61 Å². The summed E-state index contributed by atoms with van der Waals surface area (Å²) in [5.74, 6) is 1.91. The van der Waals surface area contributed by atoms with Gasteiger partial charge in [0.15, 0.2) is 5.76 Å². The normalized spacial score (nSPS) is 10.6. The van der Waals surface area contributed by atoms with Crippen LogP contribution in [0.4, 0.5) is 0 Å². The Labute approximate surface area is 114 Å². The number of halogens is 1. The van der Waals surface area contributed by atoms with Crippen molar-refractivity contribution in [2.45, 2.75) is 6.61 Å². The molecule has 0 amide bonds. The third-order valence-corrected chi connectivity index (χ3v) is 2.74. The highest BCUT2D eigenvalue weighted by Crippen LogP contribution is 2.22. The van der Waals surface area contributed by atoms with Crippen LogP contribution in [0, 0.1) is 0 Å². The van der Waals surface area contributed by atoms with E-state index in [-0.39, 0.29) is 0 Å². The van der Waals surface area contributed by atoms with Crippen LogP contribution in [0.25, 0.3) is 11.5 Å². The molecular weight excluding hydrogens is 266 g/mol. The van der Waals surface area contributed by atoms with E-state index in [1.54, 1.807) is 30.5 Å². The summed E-state index contributed by atoms with van der Waals surface area (Å²) in [6.07, 6.45) is 1.58. The number of benzene rings is 1. The highest BCUT2D eigenvalue weighted by Gasteiger charge is 2.09. The van der Waals surface area contributed by atoms with Crippen molar-refractivity contribution < 1.29 is 13.7 Å². The number of rotatable bonds is 4. The molecule has 1 aromatic carbocycles. The SMILES string of the molecule is Clc1cccc(OCc2cc(-c3ccco3)on2)c1. The summed E-state index contributed by atoms with van der Waals surface area (Å²) in [4.78, 5) is 0. The van der Waals surface area contributed by atoms with Gasteiger partial charge in [0.05, 0.1) is 6.26 Å². The lowest BCUT2D eigenvalue weighted by atomic mass is 10.3. The lowest BCUT2D eigenvalue weighted by Gasteiger charge is -2.03. The highest BCUT2D eigenvalue weighted by atomic mass is 35.5. The van der Waals surface area contributed by atoms with Crippen LogP contribution in [0.5, 0.6) is 5.75 Å². The molecule has 3 aromatic rings. The van der Waals surface area contributed by atoms with Crippen molar-refractivity contribution in [3.63, 3.8) is 0 Å². The van der Waals surface area contributed by atoms with Gasteiger partial charge >= 0.3 is 0 Å². The van der Waals surface area contributed by atoms with Crippen LogP contribution < -0.4 is 4.74 Å². The van der Waals surface area contributed by atoms with E-state index in [1.165, 1.54) is 0 Å². The zero-order valence-electron chi connectivity index (χ0n) is 9.88. The fraction of sp³-hybridized carbons (Fsp3) is 0.0714. The van der Waals surface area contributed by atoms with Crippen molar-refractivity contribution in [1.29, 1.82) is 0 Å². The Hall–Kier alpha value is -2.20. The summed E-state index contributed by atoms with van der Waals surface area (Å²) in [5, 5.41) is 4.55. The van der Waals surface area contributed by atoms with Gasteiger partial charge in [-0.3, -0.25) is 0 Å². The largest absolute Gasteiger partial charge is 0.487 e. The minimum absolute atomic E-state index is 0.310. The van der Waals surface area contributed by atoms with Crippen LogP contribution in [0.3, 0.4) is 0 Å². The summed E-state index contributed by atoms with van der Waals surface area (Å²) in [5.41, 5.74) is 0.686. The Kier molecular flexibility index (Phi) is 3.25. The second kappa shape index (κ2) is 5.20. The van der Waals surface area contributed by atoms with Crippen molar-refractivity contribution in [3.05, 3.63) is 59.4 Å². The van der Waals surface area contributed by atoms with E-state index in [2.05, 4.69) is 5.16 Å². The second-order valence-electron chi connectivity index (χ2n) is 3.91. The maximum Gasteiger partial charge on any atom is 0.202 e. The smallest absolute Gasteiger partial charge is 0.202 e. The third-order valence-electron chi connectivity index (χ3n) is 2.51. The summed E-state index contributed by atoms with van der Waals surface area (Å²) in [6.45, 7) is 0.310. The molecule has 2 aromatic heterocycles. The predicted octanol–water partition coefficient (Wildman–Crippen LogP) is 4.17. The van der Waals surface area contributed by atoms with E-state index in [0.717, 1.165) is 0 Å². The van der Waals surface area contributed by atoms with Gasteiger partial charge in [-0.05, 0) is 30.3 Å². The molecule has 0 saturated heterocycles. The number of hydrogen-bond donors (Lipinski definition) is 0. The molecule has 19 heavy (non-hydrogen) atoms. The molecule has 0 fully saturated rings. The number of furan rings is 1. The number of aromatic nitrogens is 1. The van der Waals surface area contributed by atoms with Crippen LogP contribution in [-0.4, -0.2) is 5.16 Å². The zero-order valence-corrected chi connectivity index (χ0v) is 10.6. The van der Waals surface area contributed by atoms with Crippen molar-refractivity contribution in [3.8, 4) is 17.3 Å². The van der Waals surface area contributed by atoms with Crippen molar-refractivity contribution in [2.75, 3.05) is 0 Å². The predicted molar refractivity (Wildman–Crippen MR) is 70.0 cm³/mol. The topological polar surface area (TPSA) is 48.4 Å². The summed E-state index contributed by atoms with van der Waals surface area (Å²) in [7, 11) is 0. The number of nitrogens with zero attached hydrogens (tertiary/aromatic N) is 1. The molecule has 0 bridgehead atoms. The maximum atomic E-state index is 5.87. The molecule has 0 aliphatic rings. The van der Waals surface area contributed by atoms with E-state index in [4.69, 9.17) is 25.3 Å². The van der Waals surface area contributed by atoms with Crippen LogP contribution in [0.15, 0.2) is 57.7 Å². The van der Waals surface area contributed by atoms with Crippen molar-refractivity contribution >= 4 is 11.6 Å². The highest BCUT2D eigenvalue weighted by molar-refractivity contribution is 6.30. The molecule has 4 nitrogen and oxygen atoms in total. The Morgan fingerprint density at radius 1 is 1.11 bits per heavy atom. The van der Waals surface area contributed by atoms with Crippen LogP contribution in [0.2, 0.25) is 5.02 Å². The van der Waals surface area contributed by atoms with Gasteiger partial charge < -0.3 is 13.7 Å². The molecule has 0 N–H and O–H groups in total. The van der Waals surface area contributed by atoms with Crippen molar-refractivity contribution in [1.82, 2.24) is 5.16 Å². The average molecular weight is 276 g/mol. The molecule has 0 radical (unpaired) electrons. The fourth-order valence-electron chi connectivity index (χ4n) is 1.63. The Morgan fingerprint density at radius 2 is 2.05 bits per heavy atom. The molecule has 0 aliphatic carbocycles. The van der Waals surface area contributed by atoms with Crippen molar-refractivity contribution in [2.24, 2.45) is 0 Å². The third kappa shape index (κ3) is 2.80. The first-order valence-electron chi connectivity index (χ1n) is 5.69. The summed E-state index contributed by atoms with van der Waals surface area (Å²) in [6, 6.07) is 12.6. The number of hydrogen-bond acceptors (Lipinski definition) is 4. The van der Waals surface area contributed by atoms with Crippen LogP contribution >= 0.6 is 11.6 Å². The quantitative estimate of drug-likeness (QED) is 0.717. The lowest BCUT2D eigenvalue weighted by molar-refractivity contribution is 0.289. The average Bonchev–Trinajstić information content (AvgIpc) is 3.07. The molecular formula is C14H10ClNO3. The van der Waals surface area contributed by atoms with Gasteiger partial charge in [-0.2, -0.15) is 0 Å². The van der Waals surface area contributed by atoms with Gasteiger partial charge in [0.1, 0.15) is 18.1 Å². The van der Waals surface area contributed by atoms with Gasteiger partial charge in [0, 0.05) is 11.1 Å². The second-order valence-corrected chi connectivity index (χ2v) is 4.34. The van der Waals surface area contributed by atoms with E-state index >= 15 is 0 Å². The first-order valence-corrected chi connectivity index (χ1v) is 6.07. The minimum atomic E-state index is 0.310. The Balaban J connectivity index is 1.68. The lowest BCUT2D eigenvalue weighted by Crippen LogP contribution is -1.94. The Bertz CT molecular complexity index is 661. The van der Waals surface area contributed by atoms with E-state index < -0.39 is 0 Å². The van der Waals surface area contributed by atoms with E-state index in [0.29, 0.717) is 34.6 Å². The molecule has 0 atom stereocenters. The molecule has 0 aliphatic heterocycles. The van der Waals surface area contributed by atoms with Gasteiger partial charge in [-0.25, -0.2) is 0 Å². The zero-order chi connectivity index (χ0) is 13.1. The minimum Gasteiger partial charge on any atom is -0.487 e. The first-order chi connectivity index (χ1) is 9.31. The maximum absolute atomic E-state index is 5.87. The molecule has 0 spiro atoms. The first kappa shape index (κ1) is 11.9. The van der Waals surface area contributed by atoms with Crippen LogP contribution in [0.1, 0.15) is 5.69 Å². The monoisotopic (exact) mass is 275 g/mol. The standard InChI is InChI=1S/C14H10ClNO3/c15-10-3-1-4-12(7-10)18-9-11-8-14(19-16-11)13-5-2-6-17-13/h1-8H,9H2. The fourth-order valence-corrected chi connectivity index (χ4v) is 1.81. The molecule has 3 rings (SSSR count). The summed E-state index contributed by atoms with van der Waals surface area (Å²) < 4.78 is 16.0. The van der Waals surface area contributed by atoms with Gasteiger partial charge in [0.2, 0.25) is 5.76 Å².